The SMILES string of the molecule is NC1CCC(C(=O)NCc2ccncn2)C1. The molecule has 1 heterocycles. The van der Waals surface area contributed by atoms with E-state index in [1.165, 1.54) is 6.33 Å². The minimum Gasteiger partial charge on any atom is -0.350 e. The lowest BCUT2D eigenvalue weighted by atomic mass is 10.1. The molecule has 1 aliphatic rings. The molecule has 0 radical (unpaired) electrons. The minimum absolute atomic E-state index is 0.0804. The lowest BCUT2D eigenvalue weighted by Crippen LogP contribution is -2.30. The van der Waals surface area contributed by atoms with Crippen molar-refractivity contribution in [3.8, 4) is 0 Å². The van der Waals surface area contributed by atoms with Crippen LogP contribution in [0.25, 0.3) is 0 Å². The third kappa shape index (κ3) is 2.76. The Kier molecular flexibility index (Phi) is 3.46. The third-order valence-corrected chi connectivity index (χ3v) is 2.93. The first-order chi connectivity index (χ1) is 7.75. The van der Waals surface area contributed by atoms with E-state index in [0.29, 0.717) is 6.54 Å². The summed E-state index contributed by atoms with van der Waals surface area (Å²) in [7, 11) is 0. The average Bonchev–Trinajstić information content (AvgIpc) is 2.74. The fourth-order valence-corrected chi connectivity index (χ4v) is 2.00. The predicted octanol–water partition coefficient (Wildman–Crippen LogP) is 0.220. The molecule has 2 unspecified atom stereocenters. The number of amides is 1. The van der Waals surface area contributed by atoms with Gasteiger partial charge in [0.25, 0.3) is 0 Å². The predicted molar refractivity (Wildman–Crippen MR) is 59.2 cm³/mol. The first-order valence-electron chi connectivity index (χ1n) is 5.54. The van der Waals surface area contributed by atoms with E-state index in [1.54, 1.807) is 12.3 Å². The van der Waals surface area contributed by atoms with Crippen LogP contribution in [0.4, 0.5) is 0 Å². The van der Waals surface area contributed by atoms with Crippen LogP contribution in [0, 0.1) is 5.92 Å². The largest absolute Gasteiger partial charge is 0.350 e. The van der Waals surface area contributed by atoms with Crippen molar-refractivity contribution in [1.82, 2.24) is 15.3 Å². The molecule has 0 bridgehead atoms. The second kappa shape index (κ2) is 5.03. The van der Waals surface area contributed by atoms with Crippen LogP contribution < -0.4 is 11.1 Å². The Morgan fingerprint density at radius 3 is 3.06 bits per heavy atom. The molecule has 1 aliphatic carbocycles. The molecule has 0 aromatic carbocycles. The molecule has 1 aromatic heterocycles. The molecule has 0 spiro atoms. The van der Waals surface area contributed by atoms with E-state index in [-0.39, 0.29) is 17.9 Å². The summed E-state index contributed by atoms with van der Waals surface area (Å²) in [6, 6.07) is 1.98. The first kappa shape index (κ1) is 11.0. The van der Waals surface area contributed by atoms with Crippen LogP contribution in [0.15, 0.2) is 18.6 Å². The van der Waals surface area contributed by atoms with Crippen molar-refractivity contribution >= 4 is 5.91 Å². The van der Waals surface area contributed by atoms with E-state index >= 15 is 0 Å². The Hall–Kier alpha value is -1.49. The lowest BCUT2D eigenvalue weighted by Gasteiger charge is -2.10. The van der Waals surface area contributed by atoms with Gasteiger partial charge in [0.15, 0.2) is 0 Å². The maximum Gasteiger partial charge on any atom is 0.223 e. The number of carbonyl (C=O) groups is 1. The fourth-order valence-electron chi connectivity index (χ4n) is 2.00. The van der Waals surface area contributed by atoms with Gasteiger partial charge in [-0.1, -0.05) is 0 Å². The highest BCUT2D eigenvalue weighted by molar-refractivity contribution is 5.78. The Morgan fingerprint density at radius 1 is 1.56 bits per heavy atom. The topological polar surface area (TPSA) is 80.9 Å². The monoisotopic (exact) mass is 220 g/mol. The summed E-state index contributed by atoms with van der Waals surface area (Å²) in [5.74, 6) is 0.170. The molecule has 3 N–H and O–H groups in total. The van der Waals surface area contributed by atoms with Crippen LogP contribution in [-0.2, 0) is 11.3 Å². The maximum absolute atomic E-state index is 11.8. The molecule has 5 nitrogen and oxygen atoms in total. The van der Waals surface area contributed by atoms with E-state index in [0.717, 1.165) is 25.0 Å². The summed E-state index contributed by atoms with van der Waals surface area (Å²) in [6.07, 6.45) is 5.80. The number of rotatable bonds is 3. The van der Waals surface area contributed by atoms with Gasteiger partial charge in [0.1, 0.15) is 6.33 Å². The van der Waals surface area contributed by atoms with Crippen LogP contribution in [0.2, 0.25) is 0 Å². The fraction of sp³-hybridized carbons (Fsp3) is 0.545. The van der Waals surface area contributed by atoms with Crippen molar-refractivity contribution in [2.75, 3.05) is 0 Å². The van der Waals surface area contributed by atoms with Crippen molar-refractivity contribution in [1.29, 1.82) is 0 Å². The Morgan fingerprint density at radius 2 is 2.44 bits per heavy atom. The number of nitrogens with two attached hydrogens (primary N) is 1. The number of aromatic nitrogens is 2. The van der Waals surface area contributed by atoms with E-state index in [4.69, 9.17) is 5.73 Å². The number of nitrogens with one attached hydrogen (secondary N) is 1. The average molecular weight is 220 g/mol. The molecule has 1 fully saturated rings. The molecular formula is C11H16N4O. The number of hydrogen-bond acceptors (Lipinski definition) is 4. The molecule has 2 rings (SSSR count). The Bertz CT molecular complexity index is 354. The first-order valence-corrected chi connectivity index (χ1v) is 5.54. The standard InChI is InChI=1S/C11H16N4O/c12-9-2-1-8(5-9)11(16)14-6-10-3-4-13-7-15-10/h3-4,7-9H,1-2,5-6,12H2,(H,14,16). The maximum atomic E-state index is 11.8. The molecule has 2 atom stereocenters. The van der Waals surface area contributed by atoms with Crippen molar-refractivity contribution in [3.05, 3.63) is 24.3 Å². The molecular weight excluding hydrogens is 204 g/mol. The minimum atomic E-state index is 0.0804. The molecule has 5 heteroatoms. The van der Waals surface area contributed by atoms with Crippen LogP contribution in [0.5, 0.6) is 0 Å². The summed E-state index contributed by atoms with van der Waals surface area (Å²) >= 11 is 0. The summed E-state index contributed by atoms with van der Waals surface area (Å²) in [5, 5.41) is 2.88. The van der Waals surface area contributed by atoms with Gasteiger partial charge in [-0.15, -0.1) is 0 Å². The van der Waals surface area contributed by atoms with Crippen molar-refractivity contribution in [2.45, 2.75) is 31.8 Å². The molecule has 0 saturated heterocycles. The van der Waals surface area contributed by atoms with Crippen LogP contribution in [-0.4, -0.2) is 21.9 Å². The van der Waals surface area contributed by atoms with Crippen LogP contribution in [0.1, 0.15) is 25.0 Å². The van der Waals surface area contributed by atoms with E-state index < -0.39 is 0 Å². The van der Waals surface area contributed by atoms with Crippen LogP contribution in [0.3, 0.4) is 0 Å². The Labute approximate surface area is 94.5 Å². The molecule has 1 saturated carbocycles. The molecule has 86 valence electrons. The second-order valence-corrected chi connectivity index (χ2v) is 4.19. The lowest BCUT2D eigenvalue weighted by molar-refractivity contribution is -0.125. The van der Waals surface area contributed by atoms with Crippen molar-refractivity contribution < 1.29 is 4.79 Å². The van der Waals surface area contributed by atoms with Crippen molar-refractivity contribution in [2.24, 2.45) is 11.7 Å². The molecule has 0 aliphatic heterocycles. The molecule has 1 amide bonds. The zero-order valence-corrected chi connectivity index (χ0v) is 9.10. The van der Waals surface area contributed by atoms with Gasteiger partial charge in [-0.3, -0.25) is 4.79 Å². The summed E-state index contributed by atoms with van der Waals surface area (Å²) in [6.45, 7) is 0.465. The molecule has 1 aromatic rings. The second-order valence-electron chi connectivity index (χ2n) is 4.19. The third-order valence-electron chi connectivity index (χ3n) is 2.93. The Balaban J connectivity index is 1.80. The quantitative estimate of drug-likeness (QED) is 0.763. The van der Waals surface area contributed by atoms with Gasteiger partial charge in [0.2, 0.25) is 5.91 Å². The number of nitrogens with zero attached hydrogens (tertiary/aromatic N) is 2. The van der Waals surface area contributed by atoms with E-state index in [2.05, 4.69) is 15.3 Å². The number of carbonyl (C=O) groups excluding carboxylic acids is 1. The normalized spacial score (nSPS) is 24.3. The highest BCUT2D eigenvalue weighted by Gasteiger charge is 2.27. The van der Waals surface area contributed by atoms with Gasteiger partial charge < -0.3 is 11.1 Å². The summed E-state index contributed by atoms with van der Waals surface area (Å²) in [5.41, 5.74) is 6.59. The van der Waals surface area contributed by atoms with E-state index in [1.807, 2.05) is 0 Å². The van der Waals surface area contributed by atoms with E-state index in [9.17, 15) is 4.79 Å². The van der Waals surface area contributed by atoms with Gasteiger partial charge >= 0.3 is 0 Å². The van der Waals surface area contributed by atoms with Crippen molar-refractivity contribution in [3.63, 3.8) is 0 Å². The molecule has 16 heavy (non-hydrogen) atoms. The smallest absolute Gasteiger partial charge is 0.223 e. The highest BCUT2D eigenvalue weighted by Crippen LogP contribution is 2.23. The summed E-state index contributed by atoms with van der Waals surface area (Å²) < 4.78 is 0. The van der Waals surface area contributed by atoms with Gasteiger partial charge in [-0.25, -0.2) is 9.97 Å². The zero-order chi connectivity index (χ0) is 11.4. The van der Waals surface area contributed by atoms with Crippen LogP contribution >= 0.6 is 0 Å². The van der Waals surface area contributed by atoms with Gasteiger partial charge in [-0.2, -0.15) is 0 Å². The zero-order valence-electron chi connectivity index (χ0n) is 9.10. The number of hydrogen-bond donors (Lipinski definition) is 2. The van der Waals surface area contributed by atoms with Gasteiger partial charge in [0.05, 0.1) is 12.2 Å². The van der Waals surface area contributed by atoms with Gasteiger partial charge in [0, 0.05) is 18.2 Å². The van der Waals surface area contributed by atoms with Gasteiger partial charge in [-0.05, 0) is 25.3 Å². The summed E-state index contributed by atoms with van der Waals surface area (Å²) in [4.78, 5) is 19.6. The highest BCUT2D eigenvalue weighted by atomic mass is 16.1.